The number of nitrogens with two attached hydrogens (primary N) is 1. The topological polar surface area (TPSA) is 127 Å². The van der Waals surface area contributed by atoms with E-state index in [9.17, 15) is 19.1 Å². The number of anilines is 1. The number of amides is 1. The Hall–Kier alpha value is -2.00. The maximum absolute atomic E-state index is 12.0. The molecule has 1 amide bonds. The first kappa shape index (κ1) is 16.1. The number of rotatable bonds is 6. The van der Waals surface area contributed by atoms with E-state index in [0.717, 1.165) is 0 Å². The SMILES string of the molecule is CC(CNC(=O)c1cccc(NN)c1[N+](=O)[O-])S(C)=O. The lowest BCUT2D eigenvalue weighted by Gasteiger charge is -2.11. The highest BCUT2D eigenvalue weighted by Crippen LogP contribution is 2.27. The minimum atomic E-state index is -1.08. The molecule has 0 aliphatic carbocycles. The molecule has 0 aliphatic rings. The standard InChI is InChI=1S/C11H16N4O4S/c1-7(20(2)19)6-13-11(16)8-4-3-5-9(14-12)10(8)15(17)18/h3-5,7,14H,6,12H2,1-2H3,(H,13,16). The van der Waals surface area contributed by atoms with Crippen LogP contribution in [0.1, 0.15) is 17.3 Å². The molecule has 4 N–H and O–H groups in total. The quantitative estimate of drug-likeness (QED) is 0.396. The molecule has 2 atom stereocenters. The number of hydrogen-bond acceptors (Lipinski definition) is 6. The fraction of sp³-hybridized carbons (Fsp3) is 0.364. The van der Waals surface area contributed by atoms with Gasteiger partial charge in [-0.05, 0) is 19.1 Å². The largest absolute Gasteiger partial charge is 0.351 e. The normalized spacial score (nSPS) is 13.3. The van der Waals surface area contributed by atoms with Crippen LogP contribution in [0.4, 0.5) is 11.4 Å². The second-order valence-electron chi connectivity index (χ2n) is 4.12. The summed E-state index contributed by atoms with van der Waals surface area (Å²) in [7, 11) is -1.08. The number of hydrogen-bond donors (Lipinski definition) is 3. The van der Waals surface area contributed by atoms with Crippen molar-refractivity contribution in [1.82, 2.24) is 5.32 Å². The molecule has 0 aromatic heterocycles. The number of nitrogens with one attached hydrogen (secondary N) is 2. The van der Waals surface area contributed by atoms with E-state index in [0.29, 0.717) is 0 Å². The molecule has 2 unspecified atom stereocenters. The van der Waals surface area contributed by atoms with Crippen molar-refractivity contribution in [2.75, 3.05) is 18.2 Å². The van der Waals surface area contributed by atoms with Gasteiger partial charge in [0.1, 0.15) is 11.3 Å². The van der Waals surface area contributed by atoms with Crippen LogP contribution >= 0.6 is 0 Å². The van der Waals surface area contributed by atoms with Gasteiger partial charge in [-0.2, -0.15) is 0 Å². The first-order valence-electron chi connectivity index (χ1n) is 5.73. The molecule has 1 aromatic carbocycles. The molecule has 20 heavy (non-hydrogen) atoms. The Balaban J connectivity index is 2.98. The first-order valence-corrected chi connectivity index (χ1v) is 7.35. The van der Waals surface area contributed by atoms with Gasteiger partial charge in [-0.1, -0.05) is 6.07 Å². The van der Waals surface area contributed by atoms with Crippen LogP contribution in [0, 0.1) is 10.1 Å². The van der Waals surface area contributed by atoms with Gasteiger partial charge in [-0.15, -0.1) is 0 Å². The van der Waals surface area contributed by atoms with Gasteiger partial charge in [-0.3, -0.25) is 25.0 Å². The number of nitrogens with zero attached hydrogens (tertiary/aromatic N) is 1. The van der Waals surface area contributed by atoms with Crippen LogP contribution in [0.5, 0.6) is 0 Å². The maximum Gasteiger partial charge on any atom is 0.306 e. The third-order valence-corrected chi connectivity index (χ3v) is 4.04. The Kier molecular flexibility index (Phi) is 5.59. The monoisotopic (exact) mass is 300 g/mol. The van der Waals surface area contributed by atoms with Gasteiger partial charge in [-0.25, -0.2) is 0 Å². The smallest absolute Gasteiger partial charge is 0.306 e. The van der Waals surface area contributed by atoms with Crippen LogP contribution in [-0.2, 0) is 10.8 Å². The first-order chi connectivity index (χ1) is 9.38. The summed E-state index contributed by atoms with van der Waals surface area (Å²) in [6.07, 6.45) is 1.53. The predicted molar refractivity (Wildman–Crippen MR) is 76.8 cm³/mol. The summed E-state index contributed by atoms with van der Waals surface area (Å²) >= 11 is 0. The molecule has 110 valence electrons. The van der Waals surface area contributed by atoms with Crippen LogP contribution in [0.3, 0.4) is 0 Å². The second kappa shape index (κ2) is 6.96. The molecule has 0 saturated heterocycles. The Morgan fingerprint density at radius 3 is 2.70 bits per heavy atom. The molecule has 0 saturated carbocycles. The molecule has 0 bridgehead atoms. The Morgan fingerprint density at radius 1 is 1.55 bits per heavy atom. The van der Waals surface area contributed by atoms with E-state index in [-0.39, 0.29) is 23.0 Å². The maximum atomic E-state index is 12.0. The molecular weight excluding hydrogens is 284 g/mol. The van der Waals surface area contributed by atoms with Crippen LogP contribution in [0.25, 0.3) is 0 Å². The van der Waals surface area contributed by atoms with E-state index in [4.69, 9.17) is 5.84 Å². The van der Waals surface area contributed by atoms with Crippen molar-refractivity contribution in [1.29, 1.82) is 0 Å². The van der Waals surface area contributed by atoms with Crippen molar-refractivity contribution in [3.8, 4) is 0 Å². The zero-order valence-corrected chi connectivity index (χ0v) is 11.9. The van der Waals surface area contributed by atoms with E-state index in [1.54, 1.807) is 6.92 Å². The number of carbonyl (C=O) groups is 1. The van der Waals surface area contributed by atoms with Crippen LogP contribution in [-0.4, -0.2) is 33.1 Å². The van der Waals surface area contributed by atoms with Crippen molar-refractivity contribution in [2.45, 2.75) is 12.2 Å². The summed E-state index contributed by atoms with van der Waals surface area (Å²) in [5, 5.41) is 13.3. The van der Waals surface area contributed by atoms with Gasteiger partial charge in [0.25, 0.3) is 5.91 Å². The number of hydrazine groups is 1. The fourth-order valence-corrected chi connectivity index (χ4v) is 1.81. The highest BCUT2D eigenvalue weighted by atomic mass is 32.2. The summed E-state index contributed by atoms with van der Waals surface area (Å²) in [5.41, 5.74) is 1.75. The molecular formula is C11H16N4O4S. The molecule has 0 radical (unpaired) electrons. The summed E-state index contributed by atoms with van der Waals surface area (Å²) in [6.45, 7) is 1.88. The Bertz CT molecular complexity index is 549. The minimum absolute atomic E-state index is 0.0507. The predicted octanol–water partition coefficient (Wildman–Crippen LogP) is 0.377. The summed E-state index contributed by atoms with van der Waals surface area (Å²) in [6, 6.07) is 4.22. The van der Waals surface area contributed by atoms with Crippen molar-refractivity contribution in [2.24, 2.45) is 5.84 Å². The van der Waals surface area contributed by atoms with E-state index < -0.39 is 27.3 Å². The summed E-state index contributed by atoms with van der Waals surface area (Å²) < 4.78 is 11.2. The number of nitrogen functional groups attached to an aromatic ring is 1. The van der Waals surface area contributed by atoms with Crippen molar-refractivity contribution >= 4 is 28.1 Å². The van der Waals surface area contributed by atoms with E-state index in [1.807, 2.05) is 0 Å². The van der Waals surface area contributed by atoms with Gasteiger partial charge in [0.2, 0.25) is 0 Å². The van der Waals surface area contributed by atoms with E-state index in [2.05, 4.69) is 10.7 Å². The van der Waals surface area contributed by atoms with Crippen molar-refractivity contribution < 1.29 is 13.9 Å². The fourth-order valence-electron chi connectivity index (χ4n) is 1.49. The summed E-state index contributed by atoms with van der Waals surface area (Å²) in [4.78, 5) is 22.3. The minimum Gasteiger partial charge on any atom is -0.351 e. The zero-order valence-electron chi connectivity index (χ0n) is 11.1. The average molecular weight is 300 g/mol. The zero-order chi connectivity index (χ0) is 15.3. The second-order valence-corrected chi connectivity index (χ2v) is 5.92. The highest BCUT2D eigenvalue weighted by Gasteiger charge is 2.24. The Morgan fingerprint density at radius 2 is 2.20 bits per heavy atom. The van der Waals surface area contributed by atoms with Crippen molar-refractivity contribution in [3.05, 3.63) is 33.9 Å². The van der Waals surface area contributed by atoms with Crippen LogP contribution in [0.2, 0.25) is 0 Å². The van der Waals surface area contributed by atoms with Crippen LogP contribution in [0.15, 0.2) is 18.2 Å². The number of para-hydroxylation sites is 1. The van der Waals surface area contributed by atoms with Gasteiger partial charge >= 0.3 is 5.69 Å². The lowest BCUT2D eigenvalue weighted by atomic mass is 10.1. The van der Waals surface area contributed by atoms with Gasteiger partial charge in [0.15, 0.2) is 0 Å². The molecule has 9 heteroatoms. The lowest BCUT2D eigenvalue weighted by Crippen LogP contribution is -2.33. The average Bonchev–Trinajstić information content (AvgIpc) is 2.42. The van der Waals surface area contributed by atoms with Gasteiger partial charge in [0, 0.05) is 28.9 Å². The molecule has 0 aliphatic heterocycles. The molecule has 0 heterocycles. The Labute approximate surface area is 118 Å². The van der Waals surface area contributed by atoms with Gasteiger partial charge < -0.3 is 10.7 Å². The number of nitro benzene ring substituents is 1. The molecule has 1 rings (SSSR count). The number of nitro groups is 1. The molecule has 8 nitrogen and oxygen atoms in total. The molecule has 1 aromatic rings. The third-order valence-electron chi connectivity index (χ3n) is 2.74. The highest BCUT2D eigenvalue weighted by molar-refractivity contribution is 7.84. The van der Waals surface area contributed by atoms with E-state index >= 15 is 0 Å². The van der Waals surface area contributed by atoms with E-state index in [1.165, 1.54) is 24.5 Å². The summed E-state index contributed by atoms with van der Waals surface area (Å²) in [5.74, 6) is 4.59. The number of benzene rings is 1. The lowest BCUT2D eigenvalue weighted by molar-refractivity contribution is -0.384. The molecule has 0 spiro atoms. The third kappa shape index (κ3) is 3.75. The number of carbonyl (C=O) groups excluding carboxylic acids is 1. The van der Waals surface area contributed by atoms with Crippen molar-refractivity contribution in [3.63, 3.8) is 0 Å². The van der Waals surface area contributed by atoms with Gasteiger partial charge in [0.05, 0.1) is 4.92 Å². The molecule has 0 fully saturated rings. The van der Waals surface area contributed by atoms with Crippen LogP contribution < -0.4 is 16.6 Å².